The summed E-state index contributed by atoms with van der Waals surface area (Å²) in [6.07, 6.45) is -1.43. The van der Waals surface area contributed by atoms with Crippen LogP contribution in [0.4, 0.5) is 4.79 Å². The second-order valence-electron chi connectivity index (χ2n) is 11.7. The maximum Gasteiger partial charge on any atom is 0.511 e. The Kier molecular flexibility index (Phi) is 9.15. The van der Waals surface area contributed by atoms with Gasteiger partial charge in [-0.1, -0.05) is 62.3 Å². The number of benzene rings is 2. The summed E-state index contributed by atoms with van der Waals surface area (Å²) >= 11 is 12.3. The van der Waals surface area contributed by atoms with E-state index in [-0.39, 0.29) is 16.6 Å². The van der Waals surface area contributed by atoms with Gasteiger partial charge in [-0.3, -0.25) is 0 Å². The summed E-state index contributed by atoms with van der Waals surface area (Å²) in [5.41, 5.74) is 2.11. The molecule has 0 aliphatic heterocycles. The van der Waals surface area contributed by atoms with Gasteiger partial charge in [0, 0.05) is 27.8 Å². The zero-order valence-corrected chi connectivity index (χ0v) is 25.3. The van der Waals surface area contributed by atoms with Crippen molar-refractivity contribution in [2.45, 2.75) is 78.6 Å². The van der Waals surface area contributed by atoms with Crippen molar-refractivity contribution in [2.24, 2.45) is 0 Å². The van der Waals surface area contributed by atoms with Crippen molar-refractivity contribution in [1.82, 2.24) is 0 Å². The first-order chi connectivity index (χ1) is 16.3. The number of carbonyl (C=O) groups is 1. The Hall–Kier alpha value is -1.88. The number of rotatable bonds is 6. The van der Waals surface area contributed by atoms with Crippen molar-refractivity contribution in [3.05, 3.63) is 34.9 Å². The van der Waals surface area contributed by atoms with Crippen molar-refractivity contribution in [2.75, 3.05) is 14.2 Å². The predicted molar refractivity (Wildman–Crippen MR) is 149 cm³/mol. The molecular weight excluding hydrogens is 522 g/mol. The van der Waals surface area contributed by atoms with Gasteiger partial charge >= 0.3 is 6.16 Å². The van der Waals surface area contributed by atoms with Gasteiger partial charge in [0.1, 0.15) is 23.0 Å². The summed E-state index contributed by atoms with van der Waals surface area (Å²) in [6.45, 7) is 16.4. The van der Waals surface area contributed by atoms with Crippen LogP contribution in [0.1, 0.15) is 79.0 Å². The van der Waals surface area contributed by atoms with E-state index in [1.54, 1.807) is 26.4 Å². The minimum Gasteiger partial charge on any atom is -0.497 e. The molecule has 0 aliphatic carbocycles. The second kappa shape index (κ2) is 10.8. The molecule has 1 N–H and O–H groups in total. The molecule has 2 aromatic rings. The Labute approximate surface area is 225 Å². The van der Waals surface area contributed by atoms with Crippen LogP contribution in [-0.2, 0) is 16.2 Å². The third-order valence-electron chi connectivity index (χ3n) is 5.71. The Morgan fingerprint density at radius 2 is 1.31 bits per heavy atom. The fourth-order valence-corrected chi connectivity index (χ4v) is 5.05. The normalized spacial score (nSPS) is 12.5. The van der Waals surface area contributed by atoms with Crippen LogP contribution >= 0.6 is 29.3 Å². The second-order valence-corrected chi connectivity index (χ2v) is 14.6. The highest BCUT2D eigenvalue weighted by Gasteiger charge is 2.36. The lowest BCUT2D eigenvalue weighted by Crippen LogP contribution is -2.25. The summed E-state index contributed by atoms with van der Waals surface area (Å²) in [7, 11) is 3.17. The van der Waals surface area contributed by atoms with Gasteiger partial charge in [0.05, 0.1) is 14.2 Å². The van der Waals surface area contributed by atoms with E-state index in [9.17, 15) is 9.90 Å². The zero-order valence-electron chi connectivity index (χ0n) is 22.9. The van der Waals surface area contributed by atoms with E-state index in [0.717, 1.165) is 16.7 Å². The predicted octanol–water partition coefficient (Wildman–Crippen LogP) is 9.40. The number of methoxy groups -OCH3 is 2. The van der Waals surface area contributed by atoms with E-state index in [1.807, 2.05) is 47.6 Å². The van der Waals surface area contributed by atoms with Gasteiger partial charge in [0.15, 0.2) is 0 Å². The summed E-state index contributed by atoms with van der Waals surface area (Å²) < 4.78 is 23.1. The van der Waals surface area contributed by atoms with Crippen LogP contribution in [0, 0.1) is 0 Å². The third-order valence-corrected chi connectivity index (χ3v) is 6.44. The number of carboxylic acid groups (broad SMARTS) is 1. The zero-order chi connectivity index (χ0) is 27.8. The Balaban J connectivity index is 3.26. The highest BCUT2D eigenvalue weighted by atomic mass is 35.9. The first-order valence-corrected chi connectivity index (χ1v) is 14.6. The Morgan fingerprint density at radius 1 is 0.778 bits per heavy atom. The summed E-state index contributed by atoms with van der Waals surface area (Å²) in [4.78, 5) is 12.0. The summed E-state index contributed by atoms with van der Waals surface area (Å²) in [6, 6.07) is 5.42. The molecule has 36 heavy (non-hydrogen) atoms. The molecule has 0 heterocycles. The molecular formula is C27H37Cl2O6P. The molecule has 0 unspecified atom stereocenters. The van der Waals surface area contributed by atoms with Crippen molar-refractivity contribution < 1.29 is 28.6 Å². The van der Waals surface area contributed by atoms with E-state index in [4.69, 9.17) is 41.2 Å². The van der Waals surface area contributed by atoms with Gasteiger partial charge in [-0.05, 0) is 56.9 Å². The maximum atomic E-state index is 12.0. The number of ether oxygens (including phenoxy) is 3. The van der Waals surface area contributed by atoms with E-state index in [1.165, 1.54) is 0 Å². The van der Waals surface area contributed by atoms with Gasteiger partial charge in [0.25, 0.3) is 6.85 Å². The number of halogens is 2. The molecule has 0 amide bonds. The van der Waals surface area contributed by atoms with Crippen molar-refractivity contribution in [3.8, 4) is 34.1 Å². The molecule has 0 spiro atoms. The highest BCUT2D eigenvalue weighted by Crippen LogP contribution is 2.57. The molecule has 0 radical (unpaired) electrons. The van der Waals surface area contributed by atoms with Gasteiger partial charge in [0.2, 0.25) is 0 Å². The third kappa shape index (κ3) is 6.70. The highest BCUT2D eigenvalue weighted by molar-refractivity contribution is 8.00. The van der Waals surface area contributed by atoms with Crippen LogP contribution < -0.4 is 18.7 Å². The first kappa shape index (κ1) is 30.3. The number of hydrogen-bond donors (Lipinski definition) is 1. The lowest BCUT2D eigenvalue weighted by molar-refractivity contribution is 0.143. The van der Waals surface area contributed by atoms with Gasteiger partial charge in [-0.25, -0.2) is 4.79 Å². The largest absolute Gasteiger partial charge is 0.511 e. The molecule has 0 bridgehead atoms. The van der Waals surface area contributed by atoms with Crippen molar-refractivity contribution in [1.29, 1.82) is 0 Å². The molecule has 0 aromatic heterocycles. The fraction of sp³-hybridized carbons (Fsp3) is 0.519. The maximum absolute atomic E-state index is 12.0. The standard InChI is InChI=1S/C27H37Cl2O6P/c1-25(2,3)18-13-15(32-10)12-16(22(18)35-36(28)29)17-14-19(33-11)20(26(4,5)6)21(27(7,8)9)23(17)34-24(30)31/h12-14H,1-11H3,(H,30,31). The molecule has 2 rings (SSSR count). The van der Waals surface area contributed by atoms with E-state index >= 15 is 0 Å². The molecule has 0 aliphatic rings. The average molecular weight is 559 g/mol. The topological polar surface area (TPSA) is 74.2 Å². The molecule has 0 saturated heterocycles. The van der Waals surface area contributed by atoms with E-state index < -0.39 is 18.4 Å². The average Bonchev–Trinajstić information content (AvgIpc) is 2.70. The summed E-state index contributed by atoms with van der Waals surface area (Å²) in [5.74, 6) is 1.80. The molecule has 2 aromatic carbocycles. The SMILES string of the molecule is COc1cc(-c2cc(OC)c(C(C)(C)C)c(C(C)(C)C)c2OC(=O)O)c(OP(Cl)Cl)c(C(C)(C)C)c1. The molecule has 0 atom stereocenters. The lowest BCUT2D eigenvalue weighted by atomic mass is 9.72. The van der Waals surface area contributed by atoms with Crippen LogP contribution in [0.5, 0.6) is 23.0 Å². The van der Waals surface area contributed by atoms with Crippen LogP contribution in [-0.4, -0.2) is 25.5 Å². The van der Waals surface area contributed by atoms with Crippen molar-refractivity contribution in [3.63, 3.8) is 0 Å². The van der Waals surface area contributed by atoms with Gasteiger partial charge < -0.3 is 23.8 Å². The minimum atomic E-state index is -1.84. The fourth-order valence-electron chi connectivity index (χ4n) is 4.30. The molecule has 6 nitrogen and oxygen atoms in total. The minimum absolute atomic E-state index is 0.201. The molecule has 0 fully saturated rings. The van der Waals surface area contributed by atoms with Crippen LogP contribution in [0.3, 0.4) is 0 Å². The van der Waals surface area contributed by atoms with Crippen molar-refractivity contribution >= 4 is 35.5 Å². The molecule has 0 saturated carbocycles. The quantitative estimate of drug-likeness (QED) is 0.216. The van der Waals surface area contributed by atoms with Crippen LogP contribution in [0.2, 0.25) is 0 Å². The summed E-state index contributed by atoms with van der Waals surface area (Å²) in [5, 5.41) is 9.80. The Bertz CT molecular complexity index is 1130. The number of hydrogen-bond acceptors (Lipinski definition) is 5. The monoisotopic (exact) mass is 558 g/mol. The lowest BCUT2D eigenvalue weighted by Gasteiger charge is -2.34. The molecule has 9 heteroatoms. The van der Waals surface area contributed by atoms with E-state index in [0.29, 0.717) is 28.4 Å². The van der Waals surface area contributed by atoms with Gasteiger partial charge in [-0.2, -0.15) is 0 Å². The first-order valence-electron chi connectivity index (χ1n) is 11.5. The van der Waals surface area contributed by atoms with E-state index in [2.05, 4.69) is 20.8 Å². The van der Waals surface area contributed by atoms with Gasteiger partial charge in [-0.15, -0.1) is 0 Å². The smallest absolute Gasteiger partial charge is 0.497 e. The molecule has 200 valence electrons. The van der Waals surface area contributed by atoms with Crippen LogP contribution in [0.15, 0.2) is 18.2 Å². The van der Waals surface area contributed by atoms with Crippen LogP contribution in [0.25, 0.3) is 11.1 Å². The Morgan fingerprint density at radius 3 is 1.69 bits per heavy atom.